The summed E-state index contributed by atoms with van der Waals surface area (Å²) in [6.45, 7) is 4.78. The Morgan fingerprint density at radius 1 is 1.26 bits per heavy atom. The maximum absolute atomic E-state index is 5.95. The van der Waals surface area contributed by atoms with Crippen molar-refractivity contribution >= 4 is 49.3 Å². The number of aromatic nitrogens is 2. The van der Waals surface area contributed by atoms with E-state index in [-0.39, 0.29) is 0 Å². The van der Waals surface area contributed by atoms with Crippen molar-refractivity contribution in [1.29, 1.82) is 0 Å². The Hall–Kier alpha value is -0.650. The van der Waals surface area contributed by atoms with E-state index < -0.39 is 0 Å². The fraction of sp³-hybridized carbons (Fsp3) is 0.231. The maximum atomic E-state index is 5.95. The van der Waals surface area contributed by atoms with E-state index in [4.69, 9.17) is 11.6 Å². The first-order valence-corrected chi connectivity index (χ1v) is 7.72. The number of anilines is 1. The van der Waals surface area contributed by atoms with Gasteiger partial charge in [0.2, 0.25) is 0 Å². The summed E-state index contributed by atoms with van der Waals surface area (Å²) < 4.78 is 1.77. The Labute approximate surface area is 134 Å². The lowest BCUT2D eigenvalue weighted by atomic mass is 10.2. The van der Waals surface area contributed by atoms with Crippen molar-refractivity contribution in [2.75, 3.05) is 11.9 Å². The van der Waals surface area contributed by atoms with E-state index in [1.807, 2.05) is 32.0 Å². The van der Waals surface area contributed by atoms with Crippen molar-refractivity contribution in [3.8, 4) is 11.4 Å². The largest absolute Gasteiger partial charge is 0.369 e. The molecule has 0 amide bonds. The first kappa shape index (κ1) is 14.8. The summed E-state index contributed by atoms with van der Waals surface area (Å²) in [5.74, 6) is 1.46. The lowest BCUT2D eigenvalue weighted by Crippen LogP contribution is -2.04. The van der Waals surface area contributed by atoms with Crippen LogP contribution in [-0.2, 0) is 0 Å². The molecule has 2 rings (SSSR count). The van der Waals surface area contributed by atoms with Crippen LogP contribution in [-0.4, -0.2) is 16.5 Å². The first-order valence-electron chi connectivity index (χ1n) is 5.76. The molecule has 0 aliphatic heterocycles. The van der Waals surface area contributed by atoms with Gasteiger partial charge in [0.25, 0.3) is 0 Å². The zero-order chi connectivity index (χ0) is 14.0. The van der Waals surface area contributed by atoms with Crippen LogP contribution < -0.4 is 5.32 Å². The Kier molecular flexibility index (Phi) is 4.81. The van der Waals surface area contributed by atoms with Crippen molar-refractivity contribution in [1.82, 2.24) is 9.97 Å². The van der Waals surface area contributed by atoms with E-state index in [0.717, 1.165) is 32.6 Å². The molecule has 1 aromatic heterocycles. The summed E-state index contributed by atoms with van der Waals surface area (Å²) in [6.07, 6.45) is 0. The SMILES string of the molecule is CCNc1nc(-c2ccc(Cl)cc2Br)nc(C)c1Br. The van der Waals surface area contributed by atoms with Gasteiger partial charge in [-0.05, 0) is 63.9 Å². The topological polar surface area (TPSA) is 37.8 Å². The number of halogens is 3. The van der Waals surface area contributed by atoms with E-state index in [1.54, 1.807) is 0 Å². The fourth-order valence-corrected chi connectivity index (χ4v) is 2.81. The minimum atomic E-state index is 0.667. The van der Waals surface area contributed by atoms with Crippen LogP contribution in [0.15, 0.2) is 27.1 Å². The highest BCUT2D eigenvalue weighted by molar-refractivity contribution is 9.11. The molecular formula is C13H12Br2ClN3. The number of hydrogen-bond acceptors (Lipinski definition) is 3. The van der Waals surface area contributed by atoms with E-state index in [2.05, 4.69) is 47.1 Å². The van der Waals surface area contributed by atoms with Gasteiger partial charge in [-0.2, -0.15) is 0 Å². The van der Waals surface area contributed by atoms with Crippen LogP contribution in [0, 0.1) is 6.92 Å². The molecule has 0 atom stereocenters. The second kappa shape index (κ2) is 6.20. The third-order valence-electron chi connectivity index (χ3n) is 2.53. The summed E-state index contributed by atoms with van der Waals surface area (Å²) in [7, 11) is 0. The fourth-order valence-electron chi connectivity index (χ4n) is 1.64. The lowest BCUT2D eigenvalue weighted by Gasteiger charge is -2.11. The zero-order valence-electron chi connectivity index (χ0n) is 10.5. The van der Waals surface area contributed by atoms with Crippen LogP contribution in [0.25, 0.3) is 11.4 Å². The smallest absolute Gasteiger partial charge is 0.162 e. The van der Waals surface area contributed by atoms with E-state index in [1.165, 1.54) is 0 Å². The number of hydrogen-bond donors (Lipinski definition) is 1. The summed E-state index contributed by atoms with van der Waals surface area (Å²) >= 11 is 12.9. The third kappa shape index (κ3) is 3.27. The van der Waals surface area contributed by atoms with Gasteiger partial charge in [0, 0.05) is 21.6 Å². The molecule has 2 aromatic rings. The zero-order valence-corrected chi connectivity index (χ0v) is 14.4. The highest BCUT2D eigenvalue weighted by atomic mass is 79.9. The van der Waals surface area contributed by atoms with Crippen molar-refractivity contribution in [2.24, 2.45) is 0 Å². The minimum Gasteiger partial charge on any atom is -0.369 e. The Balaban J connectivity index is 2.56. The van der Waals surface area contributed by atoms with E-state index in [0.29, 0.717) is 10.8 Å². The maximum Gasteiger partial charge on any atom is 0.162 e. The summed E-state index contributed by atoms with van der Waals surface area (Å²) in [4.78, 5) is 9.05. The molecule has 0 saturated carbocycles. The average molecular weight is 406 g/mol. The van der Waals surface area contributed by atoms with Crippen molar-refractivity contribution in [2.45, 2.75) is 13.8 Å². The second-order valence-electron chi connectivity index (χ2n) is 3.95. The molecule has 0 bridgehead atoms. The molecule has 1 aromatic carbocycles. The quantitative estimate of drug-likeness (QED) is 0.775. The van der Waals surface area contributed by atoms with E-state index in [9.17, 15) is 0 Å². The summed E-state index contributed by atoms with van der Waals surface area (Å²) in [5, 5.41) is 3.90. The third-order valence-corrected chi connectivity index (χ3v) is 4.37. The van der Waals surface area contributed by atoms with Gasteiger partial charge < -0.3 is 5.32 Å². The molecule has 0 aliphatic carbocycles. The number of rotatable bonds is 3. The Bertz CT molecular complexity index is 617. The van der Waals surface area contributed by atoms with Crippen LogP contribution in [0.1, 0.15) is 12.6 Å². The van der Waals surface area contributed by atoms with Crippen LogP contribution in [0.4, 0.5) is 5.82 Å². The summed E-state index contributed by atoms with van der Waals surface area (Å²) in [5.41, 5.74) is 1.81. The molecule has 0 saturated heterocycles. The van der Waals surface area contributed by atoms with Crippen LogP contribution in [0.2, 0.25) is 5.02 Å². The lowest BCUT2D eigenvalue weighted by molar-refractivity contribution is 1.06. The Morgan fingerprint density at radius 2 is 2.00 bits per heavy atom. The number of benzene rings is 1. The van der Waals surface area contributed by atoms with Crippen molar-refractivity contribution in [3.05, 3.63) is 37.9 Å². The van der Waals surface area contributed by atoms with Gasteiger partial charge in [-0.3, -0.25) is 0 Å². The molecule has 1 heterocycles. The number of nitrogens with zero attached hydrogens (tertiary/aromatic N) is 2. The molecule has 19 heavy (non-hydrogen) atoms. The van der Waals surface area contributed by atoms with Gasteiger partial charge in [-0.25, -0.2) is 9.97 Å². The first-order chi connectivity index (χ1) is 9.02. The molecule has 0 fully saturated rings. The number of aryl methyl sites for hydroxylation is 1. The van der Waals surface area contributed by atoms with Gasteiger partial charge in [0.15, 0.2) is 5.82 Å². The molecule has 6 heteroatoms. The van der Waals surface area contributed by atoms with Gasteiger partial charge in [-0.15, -0.1) is 0 Å². The molecule has 0 radical (unpaired) electrons. The van der Waals surface area contributed by atoms with E-state index >= 15 is 0 Å². The van der Waals surface area contributed by atoms with Crippen LogP contribution in [0.5, 0.6) is 0 Å². The predicted molar refractivity (Wildman–Crippen MR) is 86.8 cm³/mol. The Morgan fingerprint density at radius 3 is 2.63 bits per heavy atom. The number of nitrogens with one attached hydrogen (secondary N) is 1. The van der Waals surface area contributed by atoms with Gasteiger partial charge >= 0.3 is 0 Å². The monoisotopic (exact) mass is 403 g/mol. The standard InChI is InChI=1S/C13H12Br2ClN3/c1-3-17-13-11(15)7(2)18-12(19-13)9-5-4-8(16)6-10(9)14/h4-6H,3H2,1-2H3,(H,17,18,19). The predicted octanol–water partition coefficient (Wildman–Crippen LogP) is 5.06. The molecule has 100 valence electrons. The highest BCUT2D eigenvalue weighted by Crippen LogP contribution is 2.31. The van der Waals surface area contributed by atoms with Gasteiger partial charge in [0.05, 0.1) is 10.2 Å². The van der Waals surface area contributed by atoms with Gasteiger partial charge in [-0.1, -0.05) is 11.6 Å². The molecule has 3 nitrogen and oxygen atoms in total. The van der Waals surface area contributed by atoms with Gasteiger partial charge in [0.1, 0.15) is 5.82 Å². The molecule has 0 spiro atoms. The average Bonchev–Trinajstić information content (AvgIpc) is 2.35. The molecular weight excluding hydrogens is 393 g/mol. The highest BCUT2D eigenvalue weighted by Gasteiger charge is 2.12. The van der Waals surface area contributed by atoms with Crippen LogP contribution in [0.3, 0.4) is 0 Å². The minimum absolute atomic E-state index is 0.667. The summed E-state index contributed by atoms with van der Waals surface area (Å²) in [6, 6.07) is 5.57. The molecule has 1 N–H and O–H groups in total. The van der Waals surface area contributed by atoms with Crippen molar-refractivity contribution in [3.63, 3.8) is 0 Å². The van der Waals surface area contributed by atoms with Crippen LogP contribution >= 0.6 is 43.5 Å². The second-order valence-corrected chi connectivity index (χ2v) is 6.03. The normalized spacial score (nSPS) is 10.6. The molecule has 0 aliphatic rings. The molecule has 0 unspecified atom stereocenters. The van der Waals surface area contributed by atoms with Crippen molar-refractivity contribution < 1.29 is 0 Å².